The molecule has 0 bridgehead atoms. The largest absolute Gasteiger partial charge is 0.310 e. The van der Waals surface area contributed by atoms with Crippen LogP contribution in [0.15, 0.2) is 255 Å². The molecule has 1 unspecified atom stereocenters. The molecule has 2 heterocycles. The lowest BCUT2D eigenvalue weighted by Crippen LogP contribution is -2.33. The Hall–Kier alpha value is -8.98. The van der Waals surface area contributed by atoms with Gasteiger partial charge >= 0.3 is 0 Å². The van der Waals surface area contributed by atoms with Crippen LogP contribution in [0, 0.1) is 0 Å². The third kappa shape index (κ3) is 4.59. The molecule has 3 aliphatic carbocycles. The van der Waals surface area contributed by atoms with Crippen molar-refractivity contribution in [2.24, 2.45) is 0 Å². The minimum Gasteiger partial charge on any atom is -0.310 e. The van der Waals surface area contributed by atoms with Crippen molar-refractivity contribution in [2.75, 3.05) is 4.90 Å². The van der Waals surface area contributed by atoms with Gasteiger partial charge in [-0.3, -0.25) is 0 Å². The van der Waals surface area contributed by atoms with Gasteiger partial charge in [-0.15, -0.1) is 0 Å². The summed E-state index contributed by atoms with van der Waals surface area (Å²) in [5.74, 6) is 0. The van der Waals surface area contributed by atoms with Crippen LogP contribution in [0.4, 0.5) is 17.1 Å². The molecule has 1 atom stereocenters. The topological polar surface area (TPSA) is 8.17 Å². The highest BCUT2D eigenvalue weighted by molar-refractivity contribution is 6.13. The Labute approximate surface area is 406 Å². The summed E-state index contributed by atoms with van der Waals surface area (Å²) in [6, 6.07) is 96.1. The molecule has 11 aromatic carbocycles. The quantitative estimate of drug-likeness (QED) is 0.171. The van der Waals surface area contributed by atoms with E-state index in [1.807, 2.05) is 0 Å². The molecule has 70 heavy (non-hydrogen) atoms. The summed E-state index contributed by atoms with van der Waals surface area (Å²) in [7, 11) is 0. The van der Waals surface area contributed by atoms with Crippen LogP contribution in [0.1, 0.15) is 44.5 Å². The number of rotatable bonds is 4. The van der Waals surface area contributed by atoms with Crippen molar-refractivity contribution in [3.63, 3.8) is 0 Å². The average molecular weight is 887 g/mol. The summed E-state index contributed by atoms with van der Waals surface area (Å²) in [4.78, 5) is 2.56. The molecular weight excluding hydrogens is 845 g/mol. The van der Waals surface area contributed by atoms with Crippen LogP contribution >= 0.6 is 0 Å². The Balaban J connectivity index is 0.999. The number of anilines is 3. The molecular formula is C68H42N2. The first kappa shape index (κ1) is 38.0. The molecule has 2 spiro atoms. The number of benzene rings is 11. The van der Waals surface area contributed by atoms with E-state index in [9.17, 15) is 0 Å². The molecule has 1 aliphatic heterocycles. The molecule has 324 valence electrons. The second-order valence-electron chi connectivity index (χ2n) is 19.4. The molecule has 2 heteroatoms. The first-order valence-electron chi connectivity index (χ1n) is 24.5. The van der Waals surface area contributed by atoms with Crippen LogP contribution < -0.4 is 4.90 Å². The van der Waals surface area contributed by atoms with Crippen molar-refractivity contribution >= 4 is 38.9 Å². The van der Waals surface area contributed by atoms with Gasteiger partial charge in [-0.25, -0.2) is 0 Å². The Morgan fingerprint density at radius 2 is 0.786 bits per heavy atom. The van der Waals surface area contributed by atoms with E-state index >= 15 is 0 Å². The van der Waals surface area contributed by atoms with E-state index < -0.39 is 10.8 Å². The van der Waals surface area contributed by atoms with Gasteiger partial charge in [0.15, 0.2) is 0 Å². The van der Waals surface area contributed by atoms with E-state index in [2.05, 4.69) is 264 Å². The molecule has 0 amide bonds. The second-order valence-corrected chi connectivity index (χ2v) is 19.4. The summed E-state index contributed by atoms with van der Waals surface area (Å²) < 4.78 is 2.53. The smallest absolute Gasteiger partial charge is 0.0755 e. The van der Waals surface area contributed by atoms with Crippen molar-refractivity contribution in [1.29, 1.82) is 0 Å². The molecule has 12 aromatic rings. The number of para-hydroxylation sites is 3. The van der Waals surface area contributed by atoms with Crippen molar-refractivity contribution < 1.29 is 0 Å². The monoisotopic (exact) mass is 886 g/mol. The summed E-state index contributed by atoms with van der Waals surface area (Å²) in [5.41, 5.74) is 26.8. The van der Waals surface area contributed by atoms with Crippen molar-refractivity contribution in [1.82, 2.24) is 4.57 Å². The minimum absolute atomic E-state index is 0.468. The van der Waals surface area contributed by atoms with Gasteiger partial charge in [-0.1, -0.05) is 212 Å². The molecule has 4 aliphatic rings. The molecule has 0 N–H and O–H groups in total. The normalized spacial score (nSPS) is 15.6. The van der Waals surface area contributed by atoms with E-state index in [-0.39, 0.29) is 0 Å². The second kappa shape index (κ2) is 13.8. The van der Waals surface area contributed by atoms with Crippen LogP contribution in [0.25, 0.3) is 72.0 Å². The van der Waals surface area contributed by atoms with Crippen LogP contribution in [0.2, 0.25) is 0 Å². The first-order valence-corrected chi connectivity index (χ1v) is 24.5. The van der Waals surface area contributed by atoms with Crippen molar-refractivity contribution in [3.8, 4) is 50.2 Å². The predicted molar refractivity (Wildman–Crippen MR) is 288 cm³/mol. The van der Waals surface area contributed by atoms with Gasteiger partial charge < -0.3 is 9.47 Å². The molecule has 2 nitrogen and oxygen atoms in total. The maximum absolute atomic E-state index is 2.56. The van der Waals surface area contributed by atoms with E-state index in [4.69, 9.17) is 0 Å². The van der Waals surface area contributed by atoms with Gasteiger partial charge in [0.2, 0.25) is 0 Å². The highest BCUT2D eigenvalue weighted by Gasteiger charge is 2.53. The number of nitrogens with zero attached hydrogens (tertiary/aromatic N) is 2. The fourth-order valence-corrected chi connectivity index (χ4v) is 13.9. The number of fused-ring (bicyclic) bond motifs is 22. The van der Waals surface area contributed by atoms with Gasteiger partial charge in [-0.05, 0) is 126 Å². The molecule has 0 saturated heterocycles. The minimum atomic E-state index is -0.586. The lowest BCUT2D eigenvalue weighted by atomic mass is 9.65. The highest BCUT2D eigenvalue weighted by atomic mass is 15.1. The van der Waals surface area contributed by atoms with E-state index in [1.165, 1.54) is 117 Å². The molecule has 16 rings (SSSR count). The number of hydrogen-bond donors (Lipinski definition) is 0. The summed E-state index contributed by atoms with van der Waals surface area (Å²) in [6.07, 6.45) is 0. The van der Waals surface area contributed by atoms with E-state index in [0.29, 0.717) is 0 Å². The van der Waals surface area contributed by atoms with Gasteiger partial charge in [0, 0.05) is 27.7 Å². The van der Waals surface area contributed by atoms with Gasteiger partial charge in [0.25, 0.3) is 0 Å². The lowest BCUT2D eigenvalue weighted by Gasteiger charge is -2.40. The maximum atomic E-state index is 2.56. The molecule has 0 radical (unpaired) electrons. The predicted octanol–water partition coefficient (Wildman–Crippen LogP) is 16.9. The number of hydrogen-bond acceptors (Lipinski definition) is 1. The fraction of sp³-hybridized carbons (Fsp3) is 0.0294. The average Bonchev–Trinajstić information content (AvgIpc) is 4.13. The Bertz CT molecular complexity index is 4150. The van der Waals surface area contributed by atoms with Crippen LogP contribution in [-0.4, -0.2) is 4.57 Å². The third-order valence-corrected chi connectivity index (χ3v) is 16.4. The third-order valence-electron chi connectivity index (χ3n) is 16.4. The van der Waals surface area contributed by atoms with E-state index in [1.54, 1.807) is 0 Å². The molecule has 0 fully saturated rings. The first-order chi connectivity index (χ1) is 34.8. The summed E-state index contributed by atoms with van der Waals surface area (Å²) in [5, 5.41) is 2.56. The van der Waals surface area contributed by atoms with Gasteiger partial charge in [0.1, 0.15) is 0 Å². The Kier molecular flexibility index (Phi) is 7.51. The summed E-state index contributed by atoms with van der Waals surface area (Å²) >= 11 is 0. The zero-order valence-corrected chi connectivity index (χ0v) is 38.1. The van der Waals surface area contributed by atoms with Crippen molar-refractivity contribution in [3.05, 3.63) is 299 Å². The van der Waals surface area contributed by atoms with Gasteiger partial charge in [-0.2, -0.15) is 0 Å². The SMILES string of the molecule is c1ccc(-c2ccc(N(c3ccc4c(c3)C3(c5ccccc5-4)c4ccccc4-n4c5ccccc5c5cccc3c54)c3cccc4c3-c3ccccc3C43c4ccccc4-c4ccccc43)cc2)cc1. The van der Waals surface area contributed by atoms with E-state index in [0.717, 1.165) is 17.1 Å². The molecule has 1 aromatic heterocycles. The highest BCUT2D eigenvalue weighted by Crippen LogP contribution is 2.66. The lowest BCUT2D eigenvalue weighted by molar-refractivity contribution is 0.748. The zero-order chi connectivity index (χ0) is 45.7. The maximum Gasteiger partial charge on any atom is 0.0755 e. The summed E-state index contributed by atoms with van der Waals surface area (Å²) in [6.45, 7) is 0. The Morgan fingerprint density at radius 3 is 1.50 bits per heavy atom. The zero-order valence-electron chi connectivity index (χ0n) is 38.1. The van der Waals surface area contributed by atoms with Crippen molar-refractivity contribution in [2.45, 2.75) is 10.8 Å². The van der Waals surface area contributed by atoms with Crippen LogP contribution in [0.3, 0.4) is 0 Å². The standard InChI is InChI=1S/C68H42N2/c1-2-18-43(19-3-1)44-36-38-45(39-37-44)69(64-35-17-31-59-65(64)53-24-7-12-29-57(53)67(59)54-26-9-4-20-47(54)48-21-5-10-27-55(48)67)46-40-41-50-49-22-6-11-28-56(49)68(61(50)42-46)58-30-13-15-34-63(58)70-62-33-14-8-23-51(62)52-25-16-32-60(68)66(52)70/h1-42H. The van der Waals surface area contributed by atoms with Crippen LogP contribution in [0.5, 0.6) is 0 Å². The van der Waals surface area contributed by atoms with Gasteiger partial charge in [0.05, 0.1) is 33.2 Å². The molecule has 0 saturated carbocycles. The van der Waals surface area contributed by atoms with Crippen LogP contribution in [-0.2, 0) is 10.8 Å². The fourth-order valence-electron chi connectivity index (χ4n) is 13.9. The Morgan fingerprint density at radius 1 is 0.300 bits per heavy atom. The number of aromatic nitrogens is 1.